The molecule has 0 heterocycles. The minimum absolute atomic E-state index is 0.0636. The Hall–Kier alpha value is -1.59. The number of rotatable bonds is 39. The van der Waals surface area contributed by atoms with Crippen LogP contribution in [0, 0.1) is 0 Å². The lowest BCUT2D eigenvalue weighted by Gasteiger charge is -2.18. The average Bonchev–Trinajstić information content (AvgIpc) is 3.10. The van der Waals surface area contributed by atoms with Crippen molar-refractivity contribution in [1.29, 1.82) is 0 Å². The maximum absolute atomic E-state index is 12.6. The van der Waals surface area contributed by atoms with Gasteiger partial charge in [-0.15, -0.1) is 0 Å². The van der Waals surface area contributed by atoms with Crippen LogP contribution in [-0.4, -0.2) is 37.2 Å². The molecule has 0 aliphatic heterocycles. The van der Waals surface area contributed by atoms with Gasteiger partial charge in [0.15, 0.2) is 6.10 Å². The molecule has 0 spiro atoms. The highest BCUT2D eigenvalue weighted by molar-refractivity contribution is 5.71. The van der Waals surface area contributed by atoms with Crippen molar-refractivity contribution in [2.75, 3.05) is 13.2 Å². The van der Waals surface area contributed by atoms with E-state index in [2.05, 4.69) is 20.8 Å². The Morgan fingerprint density at radius 1 is 0.327 bits per heavy atom. The molecule has 6 heteroatoms. The topological polar surface area (TPSA) is 78.9 Å². The summed E-state index contributed by atoms with van der Waals surface area (Å²) in [6.07, 6.45) is 38.1. The van der Waals surface area contributed by atoms with Crippen molar-refractivity contribution in [1.82, 2.24) is 0 Å². The van der Waals surface area contributed by atoms with Gasteiger partial charge in [0.1, 0.15) is 13.2 Å². The second-order valence-electron chi connectivity index (χ2n) is 14.6. The van der Waals surface area contributed by atoms with Crippen LogP contribution in [0.1, 0.15) is 239 Å². The number of unbranched alkanes of at least 4 members (excludes halogenated alkanes) is 28. The second-order valence-corrected chi connectivity index (χ2v) is 14.6. The van der Waals surface area contributed by atoms with Crippen LogP contribution in [0.4, 0.5) is 0 Å². The largest absolute Gasteiger partial charge is 0.462 e. The van der Waals surface area contributed by atoms with E-state index in [0.29, 0.717) is 19.3 Å². The monoisotopic (exact) mass is 695 g/mol. The van der Waals surface area contributed by atoms with E-state index >= 15 is 0 Å². The fourth-order valence-corrected chi connectivity index (χ4v) is 6.32. The maximum Gasteiger partial charge on any atom is 0.306 e. The van der Waals surface area contributed by atoms with Crippen LogP contribution in [0.5, 0.6) is 0 Å². The first-order valence-electron chi connectivity index (χ1n) is 21.5. The molecular formula is C43H82O6. The van der Waals surface area contributed by atoms with Crippen LogP contribution in [0.15, 0.2) is 0 Å². The lowest BCUT2D eigenvalue weighted by molar-refractivity contribution is -0.167. The van der Waals surface area contributed by atoms with Crippen LogP contribution in [0.2, 0.25) is 0 Å². The van der Waals surface area contributed by atoms with Crippen LogP contribution in [0.25, 0.3) is 0 Å². The lowest BCUT2D eigenvalue weighted by atomic mass is 10.0. The Kier molecular flexibility index (Phi) is 37.9. The minimum Gasteiger partial charge on any atom is -0.462 e. The fraction of sp³-hybridized carbons (Fsp3) is 0.930. The lowest BCUT2D eigenvalue weighted by Crippen LogP contribution is -2.30. The number of carbonyl (C=O) groups excluding carboxylic acids is 3. The van der Waals surface area contributed by atoms with Gasteiger partial charge in [0.25, 0.3) is 0 Å². The predicted molar refractivity (Wildman–Crippen MR) is 206 cm³/mol. The smallest absolute Gasteiger partial charge is 0.306 e. The van der Waals surface area contributed by atoms with Crippen LogP contribution >= 0.6 is 0 Å². The minimum atomic E-state index is -0.756. The molecule has 0 aromatic heterocycles. The van der Waals surface area contributed by atoms with Crippen molar-refractivity contribution in [3.05, 3.63) is 0 Å². The highest BCUT2D eigenvalue weighted by Crippen LogP contribution is 2.15. The van der Waals surface area contributed by atoms with E-state index in [1.165, 1.54) is 141 Å². The van der Waals surface area contributed by atoms with Crippen molar-refractivity contribution >= 4 is 17.9 Å². The number of carbonyl (C=O) groups is 3. The molecule has 1 atom stereocenters. The Morgan fingerprint density at radius 2 is 0.551 bits per heavy atom. The molecule has 290 valence electrons. The molecule has 0 unspecified atom stereocenters. The van der Waals surface area contributed by atoms with E-state index < -0.39 is 6.10 Å². The third-order valence-electron chi connectivity index (χ3n) is 9.61. The van der Waals surface area contributed by atoms with Gasteiger partial charge in [-0.2, -0.15) is 0 Å². The molecule has 0 aromatic rings. The molecule has 0 amide bonds. The Morgan fingerprint density at radius 3 is 0.816 bits per heavy atom. The summed E-state index contributed by atoms with van der Waals surface area (Å²) < 4.78 is 16.6. The van der Waals surface area contributed by atoms with Gasteiger partial charge >= 0.3 is 17.9 Å². The maximum atomic E-state index is 12.6. The molecule has 0 aliphatic rings. The van der Waals surface area contributed by atoms with Gasteiger partial charge in [-0.05, 0) is 19.3 Å². The Balaban J connectivity index is 4.26. The van der Waals surface area contributed by atoms with E-state index in [9.17, 15) is 14.4 Å². The average molecular weight is 695 g/mol. The van der Waals surface area contributed by atoms with Gasteiger partial charge in [-0.3, -0.25) is 14.4 Å². The Bertz CT molecular complexity index is 723. The van der Waals surface area contributed by atoms with Gasteiger partial charge in [-0.25, -0.2) is 0 Å². The van der Waals surface area contributed by atoms with Crippen molar-refractivity contribution in [2.45, 2.75) is 245 Å². The second kappa shape index (κ2) is 39.2. The number of hydrogen-bond acceptors (Lipinski definition) is 6. The van der Waals surface area contributed by atoms with E-state index in [0.717, 1.165) is 57.8 Å². The van der Waals surface area contributed by atoms with Gasteiger partial charge in [0.2, 0.25) is 0 Å². The molecule has 0 bridgehead atoms. The molecule has 0 radical (unpaired) electrons. The summed E-state index contributed by atoms with van der Waals surface area (Å²) in [4.78, 5) is 37.4. The van der Waals surface area contributed by atoms with E-state index in [4.69, 9.17) is 14.2 Å². The number of hydrogen-bond donors (Lipinski definition) is 0. The number of ether oxygens (including phenoxy) is 3. The van der Waals surface area contributed by atoms with Crippen LogP contribution in [-0.2, 0) is 28.6 Å². The van der Waals surface area contributed by atoms with Crippen LogP contribution in [0.3, 0.4) is 0 Å². The summed E-state index contributed by atoms with van der Waals surface area (Å²) in [6.45, 7) is 6.59. The highest BCUT2D eigenvalue weighted by Gasteiger charge is 2.19. The third kappa shape index (κ3) is 37.5. The Labute approximate surface area is 304 Å². The summed E-state index contributed by atoms with van der Waals surface area (Å²) in [5.41, 5.74) is 0. The SMILES string of the molecule is CCCCCCCCCCCCCCCCC(=O)OC[C@H](COC(=O)CCCCCCCCC)OC(=O)CCCCCCCCCCCC. The third-order valence-corrected chi connectivity index (χ3v) is 9.61. The molecule has 0 saturated heterocycles. The molecule has 6 nitrogen and oxygen atoms in total. The summed E-state index contributed by atoms with van der Waals surface area (Å²) in [5.74, 6) is -0.863. The highest BCUT2D eigenvalue weighted by atomic mass is 16.6. The fourth-order valence-electron chi connectivity index (χ4n) is 6.32. The molecule has 0 saturated carbocycles. The van der Waals surface area contributed by atoms with Crippen molar-refractivity contribution in [3.63, 3.8) is 0 Å². The van der Waals surface area contributed by atoms with E-state index in [1.807, 2.05) is 0 Å². The van der Waals surface area contributed by atoms with Gasteiger partial charge in [0.05, 0.1) is 0 Å². The summed E-state index contributed by atoms with van der Waals surface area (Å²) >= 11 is 0. The molecule has 0 fully saturated rings. The molecular weight excluding hydrogens is 612 g/mol. The van der Waals surface area contributed by atoms with Crippen LogP contribution < -0.4 is 0 Å². The predicted octanol–water partition coefficient (Wildman–Crippen LogP) is 13.3. The first kappa shape index (κ1) is 47.4. The van der Waals surface area contributed by atoms with Crippen molar-refractivity contribution in [2.24, 2.45) is 0 Å². The first-order valence-corrected chi connectivity index (χ1v) is 21.5. The normalized spacial score (nSPS) is 11.8. The zero-order valence-electron chi connectivity index (χ0n) is 33.0. The zero-order valence-corrected chi connectivity index (χ0v) is 33.0. The van der Waals surface area contributed by atoms with Gasteiger partial charge < -0.3 is 14.2 Å². The standard InChI is InChI=1S/C43H82O6/c1-4-7-10-13-16-18-20-21-22-23-25-27-30-33-36-42(45)48-39-40(38-47-41(44)35-32-29-26-15-12-9-6-3)49-43(46)37-34-31-28-24-19-17-14-11-8-5-2/h40H,4-39H2,1-3H3/t40-/m0/s1. The molecule has 0 rings (SSSR count). The summed E-state index contributed by atoms with van der Waals surface area (Å²) in [6, 6.07) is 0. The first-order chi connectivity index (χ1) is 24.0. The van der Waals surface area contributed by atoms with E-state index in [-0.39, 0.29) is 31.1 Å². The van der Waals surface area contributed by atoms with Crippen molar-refractivity contribution in [3.8, 4) is 0 Å². The van der Waals surface area contributed by atoms with Gasteiger partial charge in [0, 0.05) is 19.3 Å². The molecule has 49 heavy (non-hydrogen) atoms. The summed E-state index contributed by atoms with van der Waals surface area (Å²) in [5, 5.41) is 0. The molecule has 0 aliphatic carbocycles. The van der Waals surface area contributed by atoms with Gasteiger partial charge in [-0.1, -0.05) is 201 Å². The zero-order chi connectivity index (χ0) is 35.9. The number of esters is 3. The van der Waals surface area contributed by atoms with E-state index in [1.54, 1.807) is 0 Å². The molecule has 0 aromatic carbocycles. The molecule has 0 N–H and O–H groups in total. The summed E-state index contributed by atoms with van der Waals surface area (Å²) in [7, 11) is 0. The quantitative estimate of drug-likeness (QED) is 0.0362. The van der Waals surface area contributed by atoms with Crippen molar-refractivity contribution < 1.29 is 28.6 Å².